The van der Waals surface area contributed by atoms with Gasteiger partial charge in [-0.05, 0) is 19.8 Å². The Labute approximate surface area is 495 Å². The lowest BCUT2D eigenvalue weighted by Gasteiger charge is -2.34. The van der Waals surface area contributed by atoms with Gasteiger partial charge >= 0.3 is 59.7 Å². The highest BCUT2D eigenvalue weighted by Crippen LogP contribution is 2.29. The molecular formula is C52H80N6O28. The molecule has 0 aliphatic carbocycles. The maximum atomic E-state index is 14.1. The highest BCUT2D eigenvalue weighted by Gasteiger charge is 2.50. The minimum Gasteiger partial charge on any atom is -0.550 e. The molecule has 86 heavy (non-hydrogen) atoms. The number of nitrogens with zero attached hydrogens (tertiary/aromatic N) is 5. The van der Waals surface area contributed by atoms with Crippen LogP contribution in [0.5, 0.6) is 5.88 Å². The molecular weight excluding hydrogens is 1160 g/mol. The van der Waals surface area contributed by atoms with Gasteiger partial charge in [-0.1, -0.05) is 0 Å². The van der Waals surface area contributed by atoms with Crippen molar-refractivity contribution in [2.75, 3.05) is 142 Å². The number of likely N-dealkylation sites (N-methyl/N-ethyl adjacent to an activating group) is 3. The number of rotatable bonds is 43. The van der Waals surface area contributed by atoms with E-state index < -0.39 is 191 Å². The van der Waals surface area contributed by atoms with Gasteiger partial charge in [-0.25, -0.2) is 14.4 Å². The zero-order valence-corrected chi connectivity index (χ0v) is 50.3. The van der Waals surface area contributed by atoms with Crippen molar-refractivity contribution in [2.45, 2.75) is 94.0 Å². The number of ether oxygens (including phenoxy) is 11. The van der Waals surface area contributed by atoms with E-state index in [2.05, 4.69) is 4.98 Å². The minimum atomic E-state index is -3.37. The summed E-state index contributed by atoms with van der Waals surface area (Å²) in [5.41, 5.74) is -3.51. The molecule has 0 aliphatic rings. The van der Waals surface area contributed by atoms with Crippen LogP contribution in [0.4, 0.5) is 5.95 Å². The first-order valence-electron chi connectivity index (χ1n) is 26.5. The fourth-order valence-electron chi connectivity index (χ4n) is 6.94. The molecule has 3 N–H and O–H groups in total. The molecule has 0 spiro atoms. The molecule has 4 unspecified atom stereocenters. The molecule has 34 heteroatoms. The van der Waals surface area contributed by atoms with Crippen molar-refractivity contribution in [1.29, 1.82) is 0 Å². The minimum absolute atomic E-state index is 0.0551. The number of unbranched alkanes of at least 4 members (excludes halogenated alkanes) is 1. The van der Waals surface area contributed by atoms with Crippen LogP contribution in [0, 0.1) is 0 Å². The number of hydrogen-bond donors (Lipinski definition) is 2. The normalized spacial score (nSPS) is 14.0. The summed E-state index contributed by atoms with van der Waals surface area (Å²) in [5.74, 6) is -21.7. The molecule has 0 saturated heterocycles. The number of anilines is 1. The van der Waals surface area contributed by atoms with Crippen molar-refractivity contribution in [1.82, 2.24) is 9.55 Å². The van der Waals surface area contributed by atoms with E-state index in [4.69, 9.17) is 57.8 Å². The van der Waals surface area contributed by atoms with Gasteiger partial charge < -0.3 is 111 Å². The Morgan fingerprint density at radius 1 is 0.581 bits per heavy atom. The van der Waals surface area contributed by atoms with E-state index in [1.54, 1.807) is 42.3 Å². The molecule has 0 saturated carbocycles. The van der Waals surface area contributed by atoms with E-state index in [0.29, 0.717) is 33.1 Å². The predicted octanol–water partition coefficient (Wildman–Crippen LogP) is -5.75. The van der Waals surface area contributed by atoms with Crippen molar-refractivity contribution in [3.05, 3.63) is 6.20 Å². The third-order valence-electron chi connectivity index (χ3n) is 11.5. The molecule has 0 radical (unpaired) electrons. The standard InChI is InChI=1S/C52H80N6O28/c1-12-77-48(75)52(29-43(68)84-35-30-55(2)49(53)54-35,85-38(63)15-13-14-19-82-50(46(71)72,24-36(59)60)26-40(65)80-32-44(69)78-21-17-57(6,7)8)28-42(67)83-34(31-76-20-16-56(3,4)5)23-39(64)86-51(47(73)74,25-37(61)62)27-41(66)81-33-45(70)79-22-18-58(9,10)11/h30,34H,12-29,31-33H2,1-11H3,(H3-3,53,54,59,60,61,62,71,72,73,74). The molecule has 1 aromatic heterocycles. The number of aryl methyl sites for hydroxylation is 1. The van der Waals surface area contributed by atoms with E-state index in [1.165, 1.54) is 18.5 Å². The van der Waals surface area contributed by atoms with Crippen LogP contribution < -0.4 is 25.8 Å². The fraction of sp³-hybridized carbons (Fsp3) is 0.692. The number of aromatic nitrogens is 2. The second-order valence-corrected chi connectivity index (χ2v) is 22.6. The van der Waals surface area contributed by atoms with Gasteiger partial charge in [-0.3, -0.25) is 33.6 Å². The number of imidazole rings is 1. The molecule has 486 valence electrons. The molecule has 34 nitrogen and oxygen atoms in total. The summed E-state index contributed by atoms with van der Waals surface area (Å²) in [4.78, 5) is 171. The number of esters is 9. The molecule has 1 heterocycles. The highest BCUT2D eigenvalue weighted by atomic mass is 16.6. The predicted molar refractivity (Wildman–Crippen MR) is 278 cm³/mol. The summed E-state index contributed by atoms with van der Waals surface area (Å²) in [6, 6.07) is 0. The van der Waals surface area contributed by atoms with E-state index in [1.807, 2.05) is 21.1 Å². The second kappa shape index (κ2) is 34.8. The number of carbonyl (C=O) groups is 13. The maximum Gasteiger partial charge on any atom is 0.351 e. The molecule has 0 fully saturated rings. The van der Waals surface area contributed by atoms with Crippen LogP contribution in [-0.4, -0.2) is 265 Å². The lowest BCUT2D eigenvalue weighted by molar-refractivity contribution is -0.870. The first-order chi connectivity index (χ1) is 39.6. The summed E-state index contributed by atoms with van der Waals surface area (Å²) in [7, 11) is 17.6. The van der Waals surface area contributed by atoms with Gasteiger partial charge in [0.25, 0.3) is 0 Å². The van der Waals surface area contributed by atoms with Crippen LogP contribution in [0.3, 0.4) is 0 Å². The average Bonchev–Trinajstić information content (AvgIpc) is 2.72. The summed E-state index contributed by atoms with van der Waals surface area (Å²) in [6.45, 7) is -1.88. The van der Waals surface area contributed by atoms with E-state index in [-0.39, 0.29) is 38.6 Å². The van der Waals surface area contributed by atoms with Gasteiger partial charge in [0.2, 0.25) is 17.4 Å². The molecule has 1 rings (SSSR count). The Morgan fingerprint density at radius 3 is 1.53 bits per heavy atom. The van der Waals surface area contributed by atoms with Crippen molar-refractivity contribution < 1.29 is 148 Å². The average molecular weight is 1240 g/mol. The molecule has 1 aromatic rings. The number of carboxylic acid groups (broad SMARTS) is 4. The van der Waals surface area contributed by atoms with Gasteiger partial charge in [0.1, 0.15) is 44.6 Å². The Hall–Kier alpha value is -8.08. The number of quaternary nitrogens is 3. The zero-order valence-electron chi connectivity index (χ0n) is 50.3. The molecule has 4 atom stereocenters. The van der Waals surface area contributed by atoms with Crippen LogP contribution in [0.1, 0.15) is 71.1 Å². The number of nitrogen functional groups attached to an aromatic ring is 1. The Balaban J connectivity index is 3.59. The molecule has 0 aliphatic heterocycles. The molecule has 0 aromatic carbocycles. The van der Waals surface area contributed by atoms with Crippen LogP contribution in [-0.2, 0) is 117 Å². The third-order valence-corrected chi connectivity index (χ3v) is 11.5. The number of carboxylic acids is 4. The highest BCUT2D eigenvalue weighted by molar-refractivity contribution is 5.94. The van der Waals surface area contributed by atoms with Crippen LogP contribution >= 0.6 is 0 Å². The zero-order chi connectivity index (χ0) is 65.9. The maximum absolute atomic E-state index is 14.1. The lowest BCUT2D eigenvalue weighted by atomic mass is 9.94. The third kappa shape index (κ3) is 30.6. The first kappa shape index (κ1) is 75.9. The second-order valence-electron chi connectivity index (χ2n) is 22.6. The Kier molecular flexibility index (Phi) is 30.7. The monoisotopic (exact) mass is 1240 g/mol. The molecule has 0 bridgehead atoms. The van der Waals surface area contributed by atoms with Crippen LogP contribution in [0.2, 0.25) is 0 Å². The van der Waals surface area contributed by atoms with Gasteiger partial charge in [0.05, 0.1) is 140 Å². The van der Waals surface area contributed by atoms with Crippen molar-refractivity contribution >= 4 is 83.5 Å². The smallest absolute Gasteiger partial charge is 0.351 e. The van der Waals surface area contributed by atoms with Crippen molar-refractivity contribution in [2.24, 2.45) is 7.05 Å². The SMILES string of the molecule is CCOC(=O)C(CC(=O)Oc1cn(C)c(N)n1)(CC(=O)OC(COCC[N+](C)(C)C)CC(=O)OC(CC(=O)[O-])(CC(=O)OCC(=O)OCC[N+](C)(C)C)C(=O)[O-])OC(=O)CCCCOC(CC(=O)O)(CC(=O)OCC(=O)OCC[N+](C)(C)C)C(=O)[O-]. The van der Waals surface area contributed by atoms with Gasteiger partial charge in [-0.15, -0.1) is 0 Å². The quantitative estimate of drug-likeness (QED) is 0.0266. The fourth-order valence-corrected chi connectivity index (χ4v) is 6.94. The summed E-state index contributed by atoms with van der Waals surface area (Å²) < 4.78 is 59.4. The topological polar surface area (TPSA) is 457 Å². The summed E-state index contributed by atoms with van der Waals surface area (Å²) in [5, 5.41) is 46.3. The van der Waals surface area contributed by atoms with Crippen molar-refractivity contribution in [3.8, 4) is 5.88 Å². The van der Waals surface area contributed by atoms with Gasteiger partial charge in [0, 0.05) is 32.5 Å². The largest absolute Gasteiger partial charge is 0.550 e. The van der Waals surface area contributed by atoms with E-state index in [9.17, 15) is 82.8 Å². The van der Waals surface area contributed by atoms with Crippen LogP contribution in [0.25, 0.3) is 0 Å². The van der Waals surface area contributed by atoms with E-state index >= 15 is 0 Å². The Bertz CT molecular complexity index is 2530. The summed E-state index contributed by atoms with van der Waals surface area (Å²) in [6.07, 6.45) is -12.0. The number of carbonyl (C=O) groups excluding carboxylic acids is 12. The van der Waals surface area contributed by atoms with Gasteiger partial charge in [-0.2, -0.15) is 4.98 Å². The molecule has 0 amide bonds. The summed E-state index contributed by atoms with van der Waals surface area (Å²) >= 11 is 0. The first-order valence-corrected chi connectivity index (χ1v) is 26.5. The van der Waals surface area contributed by atoms with Crippen LogP contribution in [0.15, 0.2) is 6.20 Å². The Morgan fingerprint density at radius 2 is 1.07 bits per heavy atom. The number of hydrogen-bond acceptors (Lipinski definition) is 29. The van der Waals surface area contributed by atoms with Crippen molar-refractivity contribution in [3.63, 3.8) is 0 Å². The number of aliphatic carboxylic acids is 4. The number of nitrogens with two attached hydrogens (primary N) is 1. The van der Waals surface area contributed by atoms with E-state index in [0.717, 1.165) is 6.20 Å². The lowest BCUT2D eigenvalue weighted by Crippen LogP contribution is -2.56. The van der Waals surface area contributed by atoms with Gasteiger partial charge in [0.15, 0.2) is 18.8 Å².